The number of nitrogen functional groups attached to an aromatic ring is 2. The van der Waals surface area contributed by atoms with Crippen LogP contribution in [-0.2, 0) is 51.2 Å². The molecule has 0 bridgehead atoms. The van der Waals surface area contributed by atoms with E-state index >= 15 is 0 Å². The van der Waals surface area contributed by atoms with Gasteiger partial charge in [0.2, 0.25) is 0 Å². The average molecular weight is 1070 g/mol. The summed E-state index contributed by atoms with van der Waals surface area (Å²) in [5.41, 5.74) is 13.9. The van der Waals surface area contributed by atoms with Crippen LogP contribution in [-0.4, -0.2) is 159 Å². The summed E-state index contributed by atoms with van der Waals surface area (Å²) < 4.78 is 65.6. The molecule has 25 nitrogen and oxygen atoms in total. The lowest BCUT2D eigenvalue weighted by atomic mass is 10.1. The molecular weight excluding hydrogens is 991 g/mol. The molecule has 3 aliphatic rings. The predicted octanol–water partition coefficient (Wildman–Crippen LogP) is 5.93. The second-order valence-electron chi connectivity index (χ2n) is 19.0. The first-order valence-electron chi connectivity index (χ1n) is 25.0. The van der Waals surface area contributed by atoms with E-state index in [1.54, 1.807) is 48.0 Å². The van der Waals surface area contributed by atoms with Crippen molar-refractivity contribution in [3.63, 3.8) is 0 Å². The highest BCUT2D eigenvalue weighted by Crippen LogP contribution is 2.57. The van der Waals surface area contributed by atoms with Gasteiger partial charge in [0.1, 0.15) is 41.8 Å². The van der Waals surface area contributed by atoms with Crippen molar-refractivity contribution < 1.29 is 61.4 Å². The van der Waals surface area contributed by atoms with Gasteiger partial charge in [-0.1, -0.05) is 13.8 Å². The third-order valence-electron chi connectivity index (χ3n) is 12.1. The number of rotatable bonds is 21. The monoisotopic (exact) mass is 1070 g/mol. The predicted molar refractivity (Wildman–Crippen MR) is 272 cm³/mol. The van der Waals surface area contributed by atoms with E-state index in [9.17, 15) is 19.3 Å². The number of fused-ring (bicyclic) bond motifs is 3. The number of anilines is 2. The Balaban J connectivity index is 0.000000209. The number of esters is 2. The first-order chi connectivity index (χ1) is 34.6. The molecule has 0 spiro atoms. The number of imidazole rings is 2. The van der Waals surface area contributed by atoms with Gasteiger partial charge in [0.05, 0.1) is 93.7 Å². The second-order valence-corrected chi connectivity index (χ2v) is 22.3. The van der Waals surface area contributed by atoms with Crippen LogP contribution in [0.15, 0.2) is 25.0 Å². The summed E-state index contributed by atoms with van der Waals surface area (Å²) in [6.07, 6.45) is 5.18. The van der Waals surface area contributed by atoms with Crippen LogP contribution in [0.1, 0.15) is 121 Å². The number of hydrogen-bond donors (Lipinski definition) is 4. The Kier molecular flexibility index (Phi) is 22.6. The van der Waals surface area contributed by atoms with Crippen molar-refractivity contribution in [2.24, 2.45) is 11.8 Å². The Morgan fingerprint density at radius 3 is 1.70 bits per heavy atom. The molecule has 3 unspecified atom stereocenters. The quantitative estimate of drug-likeness (QED) is 0.0555. The minimum Gasteiger partial charge on any atom is -0.466 e. The van der Waals surface area contributed by atoms with Crippen LogP contribution < -0.4 is 11.5 Å². The third-order valence-corrected chi connectivity index (χ3v) is 16.7. The molecule has 3 fully saturated rings. The van der Waals surface area contributed by atoms with Crippen LogP contribution >= 0.6 is 16.3 Å². The summed E-state index contributed by atoms with van der Waals surface area (Å²) in [6, 6.07) is 1.59. The van der Waals surface area contributed by atoms with E-state index in [1.165, 1.54) is 0 Å². The van der Waals surface area contributed by atoms with Gasteiger partial charge in [-0.05, 0) is 82.1 Å². The lowest BCUT2D eigenvalue weighted by Crippen LogP contribution is -2.43. The molecule has 0 aliphatic carbocycles. The van der Waals surface area contributed by atoms with Gasteiger partial charge in [0.15, 0.2) is 20.1 Å². The minimum absolute atomic E-state index is 0.0447. The first kappa shape index (κ1) is 59.8. The Hall–Kier alpha value is -4.10. The van der Waals surface area contributed by atoms with Crippen LogP contribution in [0, 0.1) is 11.8 Å². The molecule has 7 heterocycles. The molecule has 7 rings (SSSR count). The molecule has 3 aliphatic heterocycles. The molecular formula is C46H78N12O13P2. The van der Waals surface area contributed by atoms with Crippen molar-refractivity contribution in [3.8, 4) is 0 Å². The molecule has 0 aromatic carbocycles. The molecule has 6 N–H and O–H groups in total. The lowest BCUT2D eigenvalue weighted by Gasteiger charge is -2.45. The van der Waals surface area contributed by atoms with Gasteiger partial charge in [-0.3, -0.25) is 23.2 Å². The van der Waals surface area contributed by atoms with Gasteiger partial charge in [-0.15, -0.1) is 10.2 Å². The fraction of sp³-hybridized carbons (Fsp3) is 0.739. The largest absolute Gasteiger partial charge is 0.475 e. The van der Waals surface area contributed by atoms with Gasteiger partial charge in [-0.25, -0.2) is 23.9 Å². The normalized spacial score (nSPS) is 23.8. The fourth-order valence-electron chi connectivity index (χ4n) is 8.54. The molecule has 0 radical (unpaired) electrons. The topological polar surface area (TPSA) is 311 Å². The van der Waals surface area contributed by atoms with Crippen LogP contribution in [0.25, 0.3) is 22.1 Å². The van der Waals surface area contributed by atoms with Crippen molar-refractivity contribution in [3.05, 3.63) is 25.0 Å². The van der Waals surface area contributed by atoms with Crippen molar-refractivity contribution in [1.82, 2.24) is 48.8 Å². The summed E-state index contributed by atoms with van der Waals surface area (Å²) in [4.78, 5) is 31.9. The molecule has 9 atom stereocenters. The molecule has 4 aromatic rings. The number of carbonyl (C=O) groups excluding carboxylic acids is 2. The molecule has 410 valence electrons. The first-order valence-corrected chi connectivity index (χ1v) is 27.6. The number of ether oxygens (including phenoxy) is 4. The molecule has 0 saturated carbocycles. The van der Waals surface area contributed by atoms with Crippen LogP contribution in [0.5, 0.6) is 0 Å². The highest BCUT2D eigenvalue weighted by atomic mass is 31.2. The SMILES string of the molecule is CCOC(=O)C(C)CCOP(N(C(C)C)C(C)C)N(C(C)C)C(C)C.CCOC(=O)C(C)CCOP1(=O)OC[C@@H]2O[C@H](n3cnc4c(N)nncc43)C[C@H]2O1.Nc1nncc2c1ncn2[C@@H]1C[C@@H](O)[C@H](CO)O1. The van der Waals surface area contributed by atoms with Gasteiger partial charge in [0.25, 0.3) is 0 Å². The molecule has 4 aromatic heterocycles. The summed E-state index contributed by atoms with van der Waals surface area (Å²) >= 11 is 0. The van der Waals surface area contributed by atoms with Crippen LogP contribution in [0.3, 0.4) is 0 Å². The molecule has 3 saturated heterocycles. The lowest BCUT2D eigenvalue weighted by molar-refractivity contribution is -0.148. The van der Waals surface area contributed by atoms with Crippen molar-refractivity contribution in [1.29, 1.82) is 0 Å². The smallest absolute Gasteiger partial charge is 0.466 e. The maximum Gasteiger partial charge on any atom is 0.475 e. The van der Waals surface area contributed by atoms with Gasteiger partial charge in [0, 0.05) is 37.0 Å². The van der Waals surface area contributed by atoms with E-state index in [0.717, 1.165) is 0 Å². The summed E-state index contributed by atoms with van der Waals surface area (Å²) in [6.45, 7) is 26.2. The summed E-state index contributed by atoms with van der Waals surface area (Å²) in [5, 5.41) is 33.9. The maximum atomic E-state index is 12.8. The van der Waals surface area contributed by atoms with Crippen molar-refractivity contribution >= 4 is 61.9 Å². The number of phosphoric acid groups is 1. The summed E-state index contributed by atoms with van der Waals surface area (Å²) in [5.74, 6) is -0.479. The zero-order valence-corrected chi connectivity index (χ0v) is 46.0. The zero-order chi connectivity index (χ0) is 53.7. The van der Waals surface area contributed by atoms with E-state index in [0.29, 0.717) is 91.7 Å². The highest BCUT2D eigenvalue weighted by Gasteiger charge is 2.48. The van der Waals surface area contributed by atoms with Crippen molar-refractivity contribution in [2.75, 3.05) is 51.1 Å². The Bertz CT molecular complexity index is 2380. The van der Waals surface area contributed by atoms with Crippen LogP contribution in [0.2, 0.25) is 0 Å². The molecule has 73 heavy (non-hydrogen) atoms. The van der Waals surface area contributed by atoms with Gasteiger partial charge < -0.3 is 54.3 Å². The van der Waals surface area contributed by atoms with Gasteiger partial charge >= 0.3 is 19.8 Å². The zero-order valence-electron chi connectivity index (χ0n) is 44.2. The standard InChI is InChI=1S/C19H41N2O3P.C17H24N5O7P.C10H13N5O3/c1-11-23-19(22)18(10)12-13-24-25(20(14(2)3)15(4)5)21(16(6)7)17(8)9;1-3-25-17(23)10(2)4-5-26-30(24)27-8-13-12(29-30)6-14(28-13)22-9-19-15-11(22)7-20-21-16(15)18;11-10-9-5(2-13-14-10)15(4-12-9)8-1-6(17)7(3-16)18-8/h14-18H,11-13H2,1-10H3;7,9-10,12-14H,3-6,8H2,1-2H3,(H2,18,21);2,4,6-8,16-17H,1,3H2,(H2,11,14)/t;10?,12-,13+,14+,30?;6-,7+,8+/m.11/s1. The van der Waals surface area contributed by atoms with Gasteiger partial charge in [-0.2, -0.15) is 10.2 Å². The number of aliphatic hydroxyl groups is 2. The number of hydrogen-bond acceptors (Lipinski definition) is 23. The van der Waals surface area contributed by atoms with E-state index < -0.39 is 46.9 Å². The van der Waals surface area contributed by atoms with E-state index in [1.807, 2.05) is 13.8 Å². The third kappa shape index (κ3) is 15.5. The Morgan fingerprint density at radius 1 is 0.767 bits per heavy atom. The minimum atomic E-state index is -3.74. The number of carbonyl (C=O) groups is 2. The number of phosphoric ester groups is 1. The second kappa shape index (κ2) is 27.6. The molecule has 27 heteroatoms. The van der Waals surface area contributed by atoms with E-state index in [-0.39, 0.29) is 61.5 Å². The number of nitrogens with two attached hydrogens (primary N) is 2. The number of aliphatic hydroxyl groups excluding tert-OH is 2. The fourth-order valence-corrected chi connectivity index (χ4v) is 12.3. The van der Waals surface area contributed by atoms with Crippen molar-refractivity contribution in [2.45, 2.75) is 170 Å². The number of nitrogens with zero attached hydrogens (tertiary/aromatic N) is 10. The van der Waals surface area contributed by atoms with E-state index in [2.05, 4.69) is 95.1 Å². The molecule has 0 amide bonds. The highest BCUT2D eigenvalue weighted by molar-refractivity contribution is 7.48. The van der Waals surface area contributed by atoms with E-state index in [4.69, 9.17) is 53.6 Å². The number of aromatic nitrogens is 8. The summed E-state index contributed by atoms with van der Waals surface area (Å²) in [7, 11) is -4.63. The maximum absolute atomic E-state index is 12.8. The average Bonchev–Trinajstić information content (AvgIpc) is 4.14. The Labute approximate surface area is 428 Å². The van der Waals surface area contributed by atoms with Crippen LogP contribution in [0.4, 0.5) is 11.6 Å². The Morgan fingerprint density at radius 2 is 1.25 bits per heavy atom.